The van der Waals surface area contributed by atoms with Gasteiger partial charge >= 0.3 is 0 Å². The molecule has 19 heavy (non-hydrogen) atoms. The first-order valence-corrected chi connectivity index (χ1v) is 8.73. The summed E-state index contributed by atoms with van der Waals surface area (Å²) in [7, 11) is -3.29. The molecule has 5 nitrogen and oxygen atoms in total. The van der Waals surface area contributed by atoms with Gasteiger partial charge in [-0.1, -0.05) is 27.7 Å². The minimum atomic E-state index is -3.29. The molecule has 6 heteroatoms. The van der Waals surface area contributed by atoms with Gasteiger partial charge in [0.05, 0.1) is 0 Å². The third-order valence-corrected chi connectivity index (χ3v) is 4.91. The van der Waals surface area contributed by atoms with Gasteiger partial charge in [0.25, 0.3) is 10.2 Å². The first-order valence-electron chi connectivity index (χ1n) is 7.29. The summed E-state index contributed by atoms with van der Waals surface area (Å²) in [4.78, 5) is 0. The topological polar surface area (TPSA) is 61.4 Å². The summed E-state index contributed by atoms with van der Waals surface area (Å²) >= 11 is 0. The van der Waals surface area contributed by atoms with Crippen molar-refractivity contribution in [3.63, 3.8) is 0 Å². The average Bonchev–Trinajstić information content (AvgIpc) is 2.26. The van der Waals surface area contributed by atoms with Crippen LogP contribution in [0.1, 0.15) is 40.5 Å². The minimum absolute atomic E-state index is 0.445. The van der Waals surface area contributed by atoms with Crippen molar-refractivity contribution in [2.45, 2.75) is 46.6 Å². The fourth-order valence-corrected chi connectivity index (χ4v) is 4.06. The Morgan fingerprint density at radius 2 is 1.74 bits per heavy atom. The monoisotopic (exact) mass is 291 g/mol. The van der Waals surface area contributed by atoms with E-state index in [4.69, 9.17) is 0 Å². The maximum Gasteiger partial charge on any atom is 0.279 e. The summed E-state index contributed by atoms with van der Waals surface area (Å²) in [6, 6.07) is 0.445. The Morgan fingerprint density at radius 1 is 1.16 bits per heavy atom. The second kappa shape index (κ2) is 7.57. The summed E-state index contributed by atoms with van der Waals surface area (Å²) in [6.45, 7) is 11.0. The van der Waals surface area contributed by atoms with E-state index in [1.165, 1.54) is 0 Å². The first kappa shape index (κ1) is 16.9. The molecular weight excluding hydrogens is 262 g/mol. The van der Waals surface area contributed by atoms with Crippen LogP contribution in [-0.2, 0) is 10.2 Å². The smallest absolute Gasteiger partial charge is 0.279 e. The molecule has 0 spiro atoms. The lowest BCUT2D eigenvalue weighted by Gasteiger charge is -2.33. The molecular formula is C13H29N3O2S. The van der Waals surface area contributed by atoms with E-state index >= 15 is 0 Å². The molecule has 0 saturated carbocycles. The quantitative estimate of drug-likeness (QED) is 0.693. The molecule has 0 aliphatic carbocycles. The second-order valence-corrected chi connectivity index (χ2v) is 7.88. The highest BCUT2D eigenvalue weighted by atomic mass is 32.2. The highest BCUT2D eigenvalue weighted by Gasteiger charge is 2.29. The summed E-state index contributed by atoms with van der Waals surface area (Å²) in [5.74, 6) is 0.894. The van der Waals surface area contributed by atoms with Gasteiger partial charge in [0, 0.05) is 25.7 Å². The Morgan fingerprint density at radius 3 is 2.26 bits per heavy atom. The molecule has 1 fully saturated rings. The van der Waals surface area contributed by atoms with Crippen molar-refractivity contribution < 1.29 is 8.42 Å². The van der Waals surface area contributed by atoms with Gasteiger partial charge in [0.2, 0.25) is 0 Å². The molecule has 1 saturated heterocycles. The van der Waals surface area contributed by atoms with E-state index in [2.05, 4.69) is 37.7 Å². The third-order valence-electron chi connectivity index (χ3n) is 3.37. The maximum absolute atomic E-state index is 12.2. The summed E-state index contributed by atoms with van der Waals surface area (Å²) in [5, 5.41) is 3.28. The van der Waals surface area contributed by atoms with Crippen molar-refractivity contribution in [3.05, 3.63) is 0 Å². The predicted molar refractivity (Wildman–Crippen MR) is 79.2 cm³/mol. The molecule has 1 aliphatic rings. The molecule has 2 atom stereocenters. The standard InChI is InChI=1S/C13H29N3O2S/c1-11(2)14-6-5-7-15-19(17,18)16-9-12(3)8-13(4)10-16/h11-15H,5-10H2,1-4H3. The lowest BCUT2D eigenvalue weighted by molar-refractivity contribution is 0.220. The number of piperidine rings is 1. The van der Waals surface area contributed by atoms with Gasteiger partial charge in [-0.2, -0.15) is 12.7 Å². The number of hydrogen-bond acceptors (Lipinski definition) is 3. The molecule has 1 rings (SSSR count). The Hall–Kier alpha value is -0.170. The van der Waals surface area contributed by atoms with E-state index in [1.54, 1.807) is 4.31 Å². The summed E-state index contributed by atoms with van der Waals surface area (Å²) in [6.07, 6.45) is 1.93. The highest BCUT2D eigenvalue weighted by molar-refractivity contribution is 7.87. The zero-order valence-electron chi connectivity index (χ0n) is 12.6. The Balaban J connectivity index is 2.34. The highest BCUT2D eigenvalue weighted by Crippen LogP contribution is 2.22. The van der Waals surface area contributed by atoms with Crippen LogP contribution in [0.2, 0.25) is 0 Å². The van der Waals surface area contributed by atoms with Gasteiger partial charge < -0.3 is 5.32 Å². The largest absolute Gasteiger partial charge is 0.314 e. The van der Waals surface area contributed by atoms with Crippen LogP contribution in [0.5, 0.6) is 0 Å². The van der Waals surface area contributed by atoms with Gasteiger partial charge in [-0.25, -0.2) is 4.72 Å². The molecule has 2 N–H and O–H groups in total. The average molecular weight is 291 g/mol. The van der Waals surface area contributed by atoms with Crippen LogP contribution in [0.4, 0.5) is 0 Å². The molecule has 0 radical (unpaired) electrons. The zero-order chi connectivity index (χ0) is 14.5. The summed E-state index contributed by atoms with van der Waals surface area (Å²) < 4.78 is 28.6. The van der Waals surface area contributed by atoms with E-state index in [0.717, 1.165) is 19.4 Å². The van der Waals surface area contributed by atoms with Crippen LogP contribution in [0.25, 0.3) is 0 Å². The molecule has 2 unspecified atom stereocenters. The van der Waals surface area contributed by atoms with E-state index in [0.29, 0.717) is 37.5 Å². The van der Waals surface area contributed by atoms with Crippen molar-refractivity contribution in [2.75, 3.05) is 26.2 Å². The summed E-state index contributed by atoms with van der Waals surface area (Å²) in [5.41, 5.74) is 0. The molecule has 114 valence electrons. The number of nitrogens with zero attached hydrogens (tertiary/aromatic N) is 1. The van der Waals surface area contributed by atoms with Crippen LogP contribution >= 0.6 is 0 Å². The zero-order valence-corrected chi connectivity index (χ0v) is 13.5. The van der Waals surface area contributed by atoms with Crippen molar-refractivity contribution in [1.29, 1.82) is 0 Å². The lowest BCUT2D eigenvalue weighted by atomic mass is 9.94. The Kier molecular flexibility index (Phi) is 6.73. The number of rotatable bonds is 7. The second-order valence-electron chi connectivity index (χ2n) is 6.12. The van der Waals surface area contributed by atoms with Crippen LogP contribution in [0, 0.1) is 11.8 Å². The lowest BCUT2D eigenvalue weighted by Crippen LogP contribution is -2.48. The van der Waals surface area contributed by atoms with Crippen molar-refractivity contribution in [3.8, 4) is 0 Å². The first-order chi connectivity index (χ1) is 8.81. The fourth-order valence-electron chi connectivity index (χ4n) is 2.57. The van der Waals surface area contributed by atoms with E-state index in [1.807, 2.05) is 0 Å². The molecule has 0 amide bonds. The van der Waals surface area contributed by atoms with Crippen molar-refractivity contribution in [1.82, 2.24) is 14.3 Å². The molecule has 1 heterocycles. The van der Waals surface area contributed by atoms with Gasteiger partial charge in [-0.05, 0) is 31.2 Å². The minimum Gasteiger partial charge on any atom is -0.314 e. The maximum atomic E-state index is 12.2. The molecule has 0 aromatic heterocycles. The molecule has 0 aromatic carbocycles. The third kappa shape index (κ3) is 6.21. The predicted octanol–water partition coefficient (Wildman–Crippen LogP) is 1.19. The van der Waals surface area contributed by atoms with Crippen LogP contribution in [-0.4, -0.2) is 44.9 Å². The molecule has 0 bridgehead atoms. The number of nitrogens with one attached hydrogen (secondary N) is 2. The van der Waals surface area contributed by atoms with Crippen LogP contribution in [0.3, 0.4) is 0 Å². The molecule has 1 aliphatic heterocycles. The Labute approximate surface area is 118 Å². The van der Waals surface area contributed by atoms with Gasteiger partial charge in [-0.3, -0.25) is 0 Å². The van der Waals surface area contributed by atoms with Gasteiger partial charge in [0.1, 0.15) is 0 Å². The van der Waals surface area contributed by atoms with Gasteiger partial charge in [-0.15, -0.1) is 0 Å². The molecule has 0 aromatic rings. The van der Waals surface area contributed by atoms with E-state index in [-0.39, 0.29) is 0 Å². The fraction of sp³-hybridized carbons (Fsp3) is 1.00. The van der Waals surface area contributed by atoms with E-state index < -0.39 is 10.2 Å². The van der Waals surface area contributed by atoms with Crippen LogP contribution in [0.15, 0.2) is 0 Å². The van der Waals surface area contributed by atoms with Crippen LogP contribution < -0.4 is 10.0 Å². The normalized spacial score (nSPS) is 25.9. The SMILES string of the molecule is CC1CC(C)CN(S(=O)(=O)NCCCNC(C)C)C1. The van der Waals surface area contributed by atoms with E-state index in [9.17, 15) is 8.42 Å². The number of hydrogen-bond donors (Lipinski definition) is 2. The van der Waals surface area contributed by atoms with Crippen molar-refractivity contribution >= 4 is 10.2 Å². The van der Waals surface area contributed by atoms with Crippen molar-refractivity contribution in [2.24, 2.45) is 11.8 Å². The van der Waals surface area contributed by atoms with Gasteiger partial charge in [0.15, 0.2) is 0 Å². The Bertz CT molecular complexity index is 347.